The summed E-state index contributed by atoms with van der Waals surface area (Å²) in [7, 11) is 0. The monoisotopic (exact) mass is 296 g/mol. The summed E-state index contributed by atoms with van der Waals surface area (Å²) in [5.41, 5.74) is 2.03. The lowest BCUT2D eigenvalue weighted by atomic mass is 10.0. The molecule has 4 heteroatoms. The number of anilines is 1. The molecular formula is C18H20N2O2. The highest BCUT2D eigenvalue weighted by Crippen LogP contribution is 2.14. The minimum Gasteiger partial charge on any atom is -0.378 e. The van der Waals surface area contributed by atoms with Crippen molar-refractivity contribution in [3.05, 3.63) is 59.8 Å². The van der Waals surface area contributed by atoms with Gasteiger partial charge in [0.1, 0.15) is 11.6 Å². The summed E-state index contributed by atoms with van der Waals surface area (Å²) >= 11 is 0. The number of hydrogen-bond acceptors (Lipinski definition) is 4. The molecule has 0 radical (unpaired) electrons. The predicted molar refractivity (Wildman–Crippen MR) is 86.1 cm³/mol. The maximum absolute atomic E-state index is 12.1. The Morgan fingerprint density at radius 2 is 1.73 bits per heavy atom. The largest absolute Gasteiger partial charge is 0.378 e. The molecule has 0 unspecified atom stereocenters. The molecule has 0 amide bonds. The number of morpholine rings is 1. The fourth-order valence-corrected chi connectivity index (χ4v) is 2.61. The van der Waals surface area contributed by atoms with Crippen LogP contribution in [0.3, 0.4) is 0 Å². The Labute approximate surface area is 130 Å². The Morgan fingerprint density at radius 1 is 1.00 bits per heavy atom. The quantitative estimate of drug-likeness (QED) is 0.849. The number of ketones is 1. The van der Waals surface area contributed by atoms with E-state index in [9.17, 15) is 4.79 Å². The normalized spacial score (nSPS) is 14.8. The molecule has 1 aromatic heterocycles. The number of pyridine rings is 1. The van der Waals surface area contributed by atoms with E-state index >= 15 is 0 Å². The van der Waals surface area contributed by atoms with Gasteiger partial charge in [-0.1, -0.05) is 36.4 Å². The summed E-state index contributed by atoms with van der Waals surface area (Å²) in [6.07, 6.45) is 2.73. The van der Waals surface area contributed by atoms with Crippen molar-refractivity contribution in [2.24, 2.45) is 0 Å². The van der Waals surface area contributed by atoms with E-state index in [4.69, 9.17) is 4.74 Å². The number of carbonyl (C=O) groups is 1. The van der Waals surface area contributed by atoms with Crippen molar-refractivity contribution in [1.82, 2.24) is 4.98 Å². The van der Waals surface area contributed by atoms with Gasteiger partial charge in [0.2, 0.25) is 0 Å². The van der Waals surface area contributed by atoms with Gasteiger partial charge < -0.3 is 9.64 Å². The Bertz CT molecular complexity index is 605. The summed E-state index contributed by atoms with van der Waals surface area (Å²) in [5, 5.41) is 0. The second-order valence-corrected chi connectivity index (χ2v) is 5.50. The highest BCUT2D eigenvalue weighted by molar-refractivity contribution is 5.83. The number of carbonyl (C=O) groups excluding carboxylic acids is 1. The van der Waals surface area contributed by atoms with Crippen LogP contribution in [0.15, 0.2) is 48.7 Å². The van der Waals surface area contributed by atoms with Crippen LogP contribution in [0.5, 0.6) is 0 Å². The van der Waals surface area contributed by atoms with Gasteiger partial charge in [-0.05, 0) is 17.2 Å². The van der Waals surface area contributed by atoms with Crippen molar-refractivity contribution in [2.75, 3.05) is 31.2 Å². The topological polar surface area (TPSA) is 42.4 Å². The van der Waals surface area contributed by atoms with E-state index in [0.717, 1.165) is 43.2 Å². The minimum atomic E-state index is 0.215. The first-order valence-corrected chi connectivity index (χ1v) is 7.64. The van der Waals surface area contributed by atoms with Gasteiger partial charge in [-0.15, -0.1) is 0 Å². The molecule has 3 rings (SSSR count). The first-order chi connectivity index (χ1) is 10.8. The molecule has 114 valence electrons. The molecule has 4 nitrogen and oxygen atoms in total. The van der Waals surface area contributed by atoms with Crippen molar-refractivity contribution in [3.8, 4) is 0 Å². The molecule has 1 aliphatic rings. The predicted octanol–water partition coefficient (Wildman–Crippen LogP) is 2.27. The lowest BCUT2D eigenvalue weighted by Crippen LogP contribution is -2.36. The Hall–Kier alpha value is -2.20. The van der Waals surface area contributed by atoms with Gasteiger partial charge in [0.25, 0.3) is 0 Å². The number of Topliss-reactive ketones (excluding diaryl/α,β-unsaturated/α-hetero) is 1. The average Bonchev–Trinajstić information content (AvgIpc) is 2.57. The molecule has 0 spiro atoms. The van der Waals surface area contributed by atoms with Gasteiger partial charge in [-0.2, -0.15) is 0 Å². The molecule has 0 bridgehead atoms. The van der Waals surface area contributed by atoms with Crippen molar-refractivity contribution >= 4 is 11.6 Å². The van der Waals surface area contributed by atoms with Crippen LogP contribution < -0.4 is 4.90 Å². The molecular weight excluding hydrogens is 276 g/mol. The summed E-state index contributed by atoms with van der Waals surface area (Å²) < 4.78 is 5.34. The molecule has 1 aliphatic heterocycles. The molecule has 0 N–H and O–H groups in total. The maximum Gasteiger partial charge on any atom is 0.141 e. The maximum atomic E-state index is 12.1. The molecule has 2 aromatic rings. The van der Waals surface area contributed by atoms with E-state index in [1.807, 2.05) is 48.7 Å². The van der Waals surface area contributed by atoms with Gasteiger partial charge in [-0.25, -0.2) is 4.98 Å². The van der Waals surface area contributed by atoms with Crippen molar-refractivity contribution < 1.29 is 9.53 Å². The van der Waals surface area contributed by atoms with Gasteiger partial charge >= 0.3 is 0 Å². The summed E-state index contributed by atoms with van der Waals surface area (Å²) in [6.45, 7) is 3.25. The third-order valence-electron chi connectivity index (χ3n) is 3.79. The van der Waals surface area contributed by atoms with Gasteiger partial charge in [0.05, 0.1) is 13.2 Å². The van der Waals surface area contributed by atoms with E-state index < -0.39 is 0 Å². The van der Waals surface area contributed by atoms with E-state index in [1.165, 1.54) is 0 Å². The van der Waals surface area contributed by atoms with Crippen LogP contribution in [0.1, 0.15) is 11.1 Å². The zero-order chi connectivity index (χ0) is 15.2. The molecule has 0 aliphatic carbocycles. The molecule has 2 heterocycles. The van der Waals surface area contributed by atoms with Gasteiger partial charge in [0.15, 0.2) is 0 Å². The molecule has 1 aromatic carbocycles. The average molecular weight is 296 g/mol. The van der Waals surface area contributed by atoms with Gasteiger partial charge in [-0.3, -0.25) is 4.79 Å². The first-order valence-electron chi connectivity index (χ1n) is 7.64. The van der Waals surface area contributed by atoms with E-state index in [0.29, 0.717) is 12.8 Å². The van der Waals surface area contributed by atoms with Crippen molar-refractivity contribution in [3.63, 3.8) is 0 Å². The number of benzene rings is 1. The third kappa shape index (κ3) is 3.92. The lowest BCUT2D eigenvalue weighted by Gasteiger charge is -2.27. The molecule has 1 fully saturated rings. The molecule has 1 saturated heterocycles. The number of ether oxygens (including phenoxy) is 1. The Balaban J connectivity index is 1.57. The SMILES string of the molecule is O=C(Cc1ccccc1)Cc1ccc(N2CCOCC2)nc1. The smallest absolute Gasteiger partial charge is 0.141 e. The van der Waals surface area contributed by atoms with Crippen LogP contribution >= 0.6 is 0 Å². The third-order valence-corrected chi connectivity index (χ3v) is 3.79. The van der Waals surface area contributed by atoms with E-state index in [2.05, 4.69) is 9.88 Å². The number of nitrogens with zero attached hydrogens (tertiary/aromatic N) is 2. The van der Waals surface area contributed by atoms with Crippen molar-refractivity contribution in [2.45, 2.75) is 12.8 Å². The van der Waals surface area contributed by atoms with Crippen LogP contribution in [0, 0.1) is 0 Å². The first kappa shape index (κ1) is 14.7. The summed E-state index contributed by atoms with van der Waals surface area (Å²) in [4.78, 5) is 18.8. The van der Waals surface area contributed by atoms with Crippen LogP contribution in [0.4, 0.5) is 5.82 Å². The fraction of sp³-hybridized carbons (Fsp3) is 0.333. The molecule has 22 heavy (non-hydrogen) atoms. The fourth-order valence-electron chi connectivity index (χ4n) is 2.61. The van der Waals surface area contributed by atoms with Gasteiger partial charge in [0, 0.05) is 32.1 Å². The Kier molecular flexibility index (Phi) is 4.81. The molecule has 0 saturated carbocycles. The summed E-state index contributed by atoms with van der Waals surface area (Å²) in [5.74, 6) is 1.18. The van der Waals surface area contributed by atoms with Crippen LogP contribution in [-0.4, -0.2) is 37.1 Å². The second kappa shape index (κ2) is 7.18. The lowest BCUT2D eigenvalue weighted by molar-refractivity contribution is -0.117. The van der Waals surface area contributed by atoms with E-state index in [1.54, 1.807) is 0 Å². The zero-order valence-corrected chi connectivity index (χ0v) is 12.6. The number of hydrogen-bond donors (Lipinski definition) is 0. The minimum absolute atomic E-state index is 0.215. The second-order valence-electron chi connectivity index (χ2n) is 5.50. The van der Waals surface area contributed by atoms with Crippen LogP contribution in [0.2, 0.25) is 0 Å². The zero-order valence-electron chi connectivity index (χ0n) is 12.6. The highest BCUT2D eigenvalue weighted by atomic mass is 16.5. The van der Waals surface area contributed by atoms with E-state index in [-0.39, 0.29) is 5.78 Å². The summed E-state index contributed by atoms with van der Waals surface area (Å²) in [6, 6.07) is 13.8. The number of rotatable bonds is 5. The standard InChI is InChI=1S/C18H20N2O2/c21-17(12-15-4-2-1-3-5-15)13-16-6-7-18(19-14-16)20-8-10-22-11-9-20/h1-7,14H,8-13H2. The van der Waals surface area contributed by atoms with Crippen LogP contribution in [-0.2, 0) is 22.4 Å². The highest BCUT2D eigenvalue weighted by Gasteiger charge is 2.12. The van der Waals surface area contributed by atoms with Crippen molar-refractivity contribution in [1.29, 1.82) is 0 Å². The van der Waals surface area contributed by atoms with Crippen LogP contribution in [0.25, 0.3) is 0 Å². The Morgan fingerprint density at radius 3 is 2.41 bits per heavy atom. The number of aromatic nitrogens is 1. The molecule has 0 atom stereocenters.